The molecule has 0 aromatic rings. The zero-order valence-electron chi connectivity index (χ0n) is 43.9. The lowest BCUT2D eigenvalue weighted by Gasteiger charge is -2.18. The third-order valence-electron chi connectivity index (χ3n) is 12.0. The number of hydrogen-bond donors (Lipinski definition) is 0. The monoisotopic (exact) mass is 933 g/mol. The smallest absolute Gasteiger partial charge is 0.306 e. The number of allylic oxidation sites excluding steroid dienone is 14. The Morgan fingerprint density at radius 3 is 1.09 bits per heavy atom. The molecule has 1 unspecified atom stereocenters. The SMILES string of the molecule is CC/C=C\C/C=C\CCCCCCCC(=O)OCC(COC(=O)CCCCCCCCCCCCCCCCCCCCC)OC(=O)CCCCCCC\C=C/C=C\C=C/C=C\C=C/CCC. The van der Waals surface area contributed by atoms with E-state index in [2.05, 4.69) is 81.5 Å². The largest absolute Gasteiger partial charge is 0.462 e. The highest BCUT2D eigenvalue weighted by Gasteiger charge is 2.19. The summed E-state index contributed by atoms with van der Waals surface area (Å²) in [5.41, 5.74) is 0. The molecule has 0 aliphatic carbocycles. The van der Waals surface area contributed by atoms with Gasteiger partial charge in [-0.25, -0.2) is 0 Å². The third-order valence-corrected chi connectivity index (χ3v) is 12.0. The van der Waals surface area contributed by atoms with Gasteiger partial charge in [-0.05, 0) is 64.2 Å². The molecule has 0 aromatic heterocycles. The number of carbonyl (C=O) groups is 3. The summed E-state index contributed by atoms with van der Waals surface area (Å²) < 4.78 is 16.8. The second kappa shape index (κ2) is 55.2. The van der Waals surface area contributed by atoms with Crippen LogP contribution in [0.2, 0.25) is 0 Å². The van der Waals surface area contributed by atoms with Crippen molar-refractivity contribution in [2.75, 3.05) is 13.2 Å². The average molecular weight is 933 g/mol. The summed E-state index contributed by atoms with van der Waals surface area (Å²) >= 11 is 0. The zero-order valence-corrected chi connectivity index (χ0v) is 43.9. The Labute approximate surface area is 414 Å². The van der Waals surface area contributed by atoms with E-state index in [0.717, 1.165) is 116 Å². The summed E-state index contributed by atoms with van der Waals surface area (Å²) in [5, 5.41) is 0. The summed E-state index contributed by atoms with van der Waals surface area (Å²) in [6.45, 7) is 6.43. The molecular formula is C61H104O6. The van der Waals surface area contributed by atoms with Gasteiger partial charge in [0, 0.05) is 19.3 Å². The molecule has 0 aromatic carbocycles. The maximum absolute atomic E-state index is 12.8. The molecular weight excluding hydrogens is 829 g/mol. The van der Waals surface area contributed by atoms with Crippen LogP contribution < -0.4 is 0 Å². The van der Waals surface area contributed by atoms with Crippen molar-refractivity contribution in [2.24, 2.45) is 0 Å². The van der Waals surface area contributed by atoms with E-state index < -0.39 is 6.10 Å². The Morgan fingerprint density at radius 1 is 0.328 bits per heavy atom. The van der Waals surface area contributed by atoms with Crippen LogP contribution in [0, 0.1) is 0 Å². The molecule has 0 aliphatic rings. The van der Waals surface area contributed by atoms with Gasteiger partial charge in [-0.2, -0.15) is 0 Å². The van der Waals surface area contributed by atoms with Crippen LogP contribution in [-0.2, 0) is 28.6 Å². The first kappa shape index (κ1) is 63.6. The number of ether oxygens (including phenoxy) is 3. The van der Waals surface area contributed by atoms with Gasteiger partial charge in [-0.3, -0.25) is 14.4 Å². The Morgan fingerprint density at radius 2 is 0.672 bits per heavy atom. The second-order valence-corrected chi connectivity index (χ2v) is 18.6. The number of esters is 3. The molecule has 6 nitrogen and oxygen atoms in total. The van der Waals surface area contributed by atoms with Crippen LogP contribution in [0.15, 0.2) is 85.1 Å². The topological polar surface area (TPSA) is 78.9 Å². The lowest BCUT2D eigenvalue weighted by Crippen LogP contribution is -2.30. The maximum Gasteiger partial charge on any atom is 0.306 e. The number of rotatable bonds is 50. The van der Waals surface area contributed by atoms with E-state index in [9.17, 15) is 14.4 Å². The molecule has 0 bridgehead atoms. The molecule has 6 heteroatoms. The van der Waals surface area contributed by atoms with Crippen LogP contribution in [0.1, 0.15) is 265 Å². The van der Waals surface area contributed by atoms with E-state index >= 15 is 0 Å². The van der Waals surface area contributed by atoms with Crippen LogP contribution in [0.5, 0.6) is 0 Å². The Balaban J connectivity index is 4.40. The van der Waals surface area contributed by atoms with Gasteiger partial charge in [0.2, 0.25) is 0 Å². The highest BCUT2D eigenvalue weighted by Crippen LogP contribution is 2.16. The fourth-order valence-corrected chi connectivity index (χ4v) is 7.81. The van der Waals surface area contributed by atoms with Crippen LogP contribution in [0.3, 0.4) is 0 Å². The fourth-order valence-electron chi connectivity index (χ4n) is 7.81. The first-order valence-corrected chi connectivity index (χ1v) is 28.2. The van der Waals surface area contributed by atoms with E-state index in [4.69, 9.17) is 14.2 Å². The van der Waals surface area contributed by atoms with Gasteiger partial charge in [0.25, 0.3) is 0 Å². The molecule has 0 N–H and O–H groups in total. The van der Waals surface area contributed by atoms with E-state index in [1.54, 1.807) is 0 Å². The van der Waals surface area contributed by atoms with Gasteiger partial charge in [0.15, 0.2) is 6.10 Å². The van der Waals surface area contributed by atoms with Gasteiger partial charge in [0.1, 0.15) is 13.2 Å². The lowest BCUT2D eigenvalue weighted by atomic mass is 10.0. The van der Waals surface area contributed by atoms with E-state index in [1.807, 2.05) is 24.3 Å². The van der Waals surface area contributed by atoms with Crippen LogP contribution >= 0.6 is 0 Å². The average Bonchev–Trinajstić information content (AvgIpc) is 3.33. The summed E-state index contributed by atoms with van der Waals surface area (Å²) in [4.78, 5) is 38.1. The minimum Gasteiger partial charge on any atom is -0.462 e. The molecule has 0 aliphatic heterocycles. The van der Waals surface area contributed by atoms with Gasteiger partial charge in [-0.1, -0.05) is 266 Å². The lowest BCUT2D eigenvalue weighted by molar-refractivity contribution is -0.167. The van der Waals surface area contributed by atoms with Crippen molar-refractivity contribution < 1.29 is 28.6 Å². The van der Waals surface area contributed by atoms with Crippen molar-refractivity contribution in [3.8, 4) is 0 Å². The Bertz CT molecular complexity index is 1300. The number of carbonyl (C=O) groups excluding carboxylic acids is 3. The quantitative estimate of drug-likeness (QED) is 0.0199. The van der Waals surface area contributed by atoms with Gasteiger partial charge < -0.3 is 14.2 Å². The first-order valence-electron chi connectivity index (χ1n) is 28.2. The molecule has 0 spiro atoms. The molecule has 0 saturated carbocycles. The van der Waals surface area contributed by atoms with E-state index in [-0.39, 0.29) is 31.1 Å². The van der Waals surface area contributed by atoms with Crippen molar-refractivity contribution in [1.29, 1.82) is 0 Å². The summed E-state index contributed by atoms with van der Waals surface area (Å²) in [7, 11) is 0. The van der Waals surface area contributed by atoms with Gasteiger partial charge in [-0.15, -0.1) is 0 Å². The van der Waals surface area contributed by atoms with E-state index in [0.29, 0.717) is 19.3 Å². The maximum atomic E-state index is 12.8. The van der Waals surface area contributed by atoms with Gasteiger partial charge in [0.05, 0.1) is 0 Å². The molecule has 0 rings (SSSR count). The normalized spacial score (nSPS) is 12.7. The van der Waals surface area contributed by atoms with Crippen molar-refractivity contribution in [3.63, 3.8) is 0 Å². The predicted molar refractivity (Wildman–Crippen MR) is 288 cm³/mol. The minimum absolute atomic E-state index is 0.0902. The molecule has 0 radical (unpaired) electrons. The van der Waals surface area contributed by atoms with Crippen molar-refractivity contribution in [1.82, 2.24) is 0 Å². The minimum atomic E-state index is -0.795. The fraction of sp³-hybridized carbons (Fsp3) is 0.721. The molecule has 67 heavy (non-hydrogen) atoms. The van der Waals surface area contributed by atoms with Crippen LogP contribution in [-0.4, -0.2) is 37.2 Å². The van der Waals surface area contributed by atoms with Crippen molar-refractivity contribution in [2.45, 2.75) is 271 Å². The predicted octanol–water partition coefficient (Wildman–Crippen LogP) is 18.8. The third kappa shape index (κ3) is 53.4. The highest BCUT2D eigenvalue weighted by molar-refractivity contribution is 5.71. The molecule has 384 valence electrons. The standard InChI is InChI=1S/C61H104O6/c1-4-7-10-13-16-19-22-25-27-29-31-33-34-36-39-42-45-48-51-54-60(63)66-57-58(56-65-59(62)53-50-47-44-41-38-24-21-18-15-12-9-6-3)67-61(64)55-52-49-46-43-40-37-35-32-30-28-26-23-20-17-14-11-8-5-2/h9,11-12,14,17-18,20-21,23,26,28,30,32,35,58H,4-8,10,13,15-16,19,22,24-25,27,29,31,33-34,36-57H2,1-3H3/b12-9-,14-11-,20-17-,21-18-,26-23-,30-28-,35-32-. The van der Waals surface area contributed by atoms with E-state index in [1.165, 1.54) is 109 Å². The molecule has 0 fully saturated rings. The summed E-state index contributed by atoms with van der Waals surface area (Å²) in [6.07, 6.45) is 71.4. The highest BCUT2D eigenvalue weighted by atomic mass is 16.6. The van der Waals surface area contributed by atoms with Crippen LogP contribution in [0.25, 0.3) is 0 Å². The Kier molecular flexibility index (Phi) is 52.4. The zero-order chi connectivity index (χ0) is 48.6. The van der Waals surface area contributed by atoms with Crippen LogP contribution in [0.4, 0.5) is 0 Å². The molecule has 0 heterocycles. The molecule has 1 atom stereocenters. The Hall–Kier alpha value is -3.41. The summed E-state index contributed by atoms with van der Waals surface area (Å²) in [5.74, 6) is -0.925. The number of hydrogen-bond acceptors (Lipinski definition) is 6. The van der Waals surface area contributed by atoms with Crippen molar-refractivity contribution >= 4 is 17.9 Å². The second-order valence-electron chi connectivity index (χ2n) is 18.6. The number of unbranched alkanes of at least 4 members (excludes halogenated alkanes) is 29. The molecule has 0 saturated heterocycles. The first-order chi connectivity index (χ1) is 33.0. The molecule has 0 amide bonds. The summed E-state index contributed by atoms with van der Waals surface area (Å²) in [6, 6.07) is 0. The van der Waals surface area contributed by atoms with Gasteiger partial charge >= 0.3 is 17.9 Å². The van der Waals surface area contributed by atoms with Crippen molar-refractivity contribution in [3.05, 3.63) is 85.1 Å².